The third kappa shape index (κ3) is 317. The minimum absolute atomic E-state index is 0. The second kappa shape index (κ2) is 281. The Hall–Kier alpha value is -2.33. The molecule has 0 fully saturated rings. The Morgan fingerprint density at radius 3 is 0.707 bits per heavy atom. The largest absolute Gasteiger partial charge is 0.480 e. The van der Waals surface area contributed by atoms with Gasteiger partial charge in [-0.3, -0.25) is 34.2 Å². The van der Waals surface area contributed by atoms with Crippen LogP contribution in [0.1, 0.15) is 283 Å². The van der Waals surface area contributed by atoms with E-state index >= 15 is 0 Å². The molecule has 404 valence electrons. The lowest BCUT2D eigenvalue weighted by molar-refractivity contribution is -0.142. The molecule has 1 unspecified atom stereocenters. The number of nitrogens with two attached hydrogens (primary N) is 1. The summed E-state index contributed by atoms with van der Waals surface area (Å²) in [6, 6.07) is -1.04. The van der Waals surface area contributed by atoms with Gasteiger partial charge < -0.3 is 15.9 Å². The summed E-state index contributed by atoms with van der Waals surface area (Å²) in [6.07, 6.45) is -0.390. The number of hydrogen-bond acceptors (Lipinski definition) is 7. The van der Waals surface area contributed by atoms with Gasteiger partial charge >= 0.3 is 11.9 Å². The monoisotopic (exact) mass is 886 g/mol. The van der Waals surface area contributed by atoms with Crippen molar-refractivity contribution >= 4 is 29.5 Å². The van der Waals surface area contributed by atoms with Crippen LogP contribution < -0.4 is 11.1 Å². The van der Waals surface area contributed by atoms with E-state index < -0.39 is 55.2 Å². The number of Topliss-reactive ketones (excluding diaryl/α,β-unsaturated/α-hetero) is 1. The molecule has 0 saturated carbocycles. The molecule has 5 N–H and O–H groups in total. The van der Waals surface area contributed by atoms with Crippen LogP contribution >= 0.6 is 0 Å². The van der Waals surface area contributed by atoms with Gasteiger partial charge in [0, 0.05) is 6.42 Å². The van der Waals surface area contributed by atoms with Gasteiger partial charge in [-0.15, -0.1) is 0 Å². The van der Waals surface area contributed by atoms with E-state index in [2.05, 4.69) is 0 Å². The van der Waals surface area contributed by atoms with E-state index in [0.29, 0.717) is 0 Å². The topological polar surface area (TPSA) is 167 Å². The number of rotatable bonds is 9. The third-order valence-corrected chi connectivity index (χ3v) is 2.29. The van der Waals surface area contributed by atoms with E-state index in [9.17, 15) is 24.0 Å². The number of amides is 2. The summed E-state index contributed by atoms with van der Waals surface area (Å²) in [4.78, 5) is 55.6. The Balaban J connectivity index is -0.00000000508. The molecular weight excluding hydrogens is 731 g/mol. The molecule has 0 aromatic rings. The van der Waals surface area contributed by atoms with E-state index in [1.54, 1.807) is 0 Å². The van der Waals surface area contributed by atoms with Crippen molar-refractivity contribution in [2.45, 2.75) is 289 Å². The lowest BCUT2D eigenvalue weighted by atomic mass is 10.1. The van der Waals surface area contributed by atoms with E-state index in [0.717, 1.165) is 4.90 Å². The number of carbonyl (C=O) groups is 5. The fourth-order valence-corrected chi connectivity index (χ4v) is 1.34. The van der Waals surface area contributed by atoms with Crippen molar-refractivity contribution in [1.29, 1.82) is 0 Å². The Labute approximate surface area is 387 Å². The average molecular weight is 887 g/mol. The van der Waals surface area contributed by atoms with Crippen LogP contribution in [-0.4, -0.2) is 70.3 Å². The van der Waals surface area contributed by atoms with Crippen LogP contribution in [0, 0.1) is 0 Å². The van der Waals surface area contributed by atoms with E-state index in [4.69, 9.17) is 15.9 Å². The first kappa shape index (κ1) is 324. The summed E-state index contributed by atoms with van der Waals surface area (Å²) in [5.41, 5.74) is 5.34. The minimum Gasteiger partial charge on any atom is -0.480 e. The molecule has 0 aliphatic carbocycles. The maximum Gasteiger partial charge on any atom is 0.317 e. The molecule has 0 saturated heterocycles. The van der Waals surface area contributed by atoms with Gasteiger partial charge in [0.1, 0.15) is 5.78 Å². The van der Waals surface area contributed by atoms with Gasteiger partial charge in [-0.1, -0.05) is 270 Å². The molecule has 0 heterocycles. The molecule has 58 heavy (non-hydrogen) atoms. The summed E-state index contributed by atoms with van der Waals surface area (Å²) >= 11 is 0. The van der Waals surface area contributed by atoms with Gasteiger partial charge in [-0.25, -0.2) is 0 Å². The molecule has 0 aromatic heterocycles. The number of carboxylic acid groups (broad SMARTS) is 2. The average Bonchev–Trinajstić information content (AvgIpc) is 2.74. The molecule has 0 bridgehead atoms. The molecule has 0 aliphatic heterocycles. The van der Waals surface area contributed by atoms with Crippen LogP contribution in [0.25, 0.3) is 0 Å². The fourth-order valence-electron chi connectivity index (χ4n) is 1.34. The highest BCUT2D eigenvalue weighted by Gasteiger charge is 2.20. The standard InChI is InChI=1S/C11H17N3O7.5C2H6.27CH4/c1-6(15)7(12)2-8(16)13-9(17)3-14(4-10(18)19)5-11(20)21;5*1-2;;;;;;;;;;;;;;;;;;;;;;;;;;;/h7H,2-5,12H2,1H3,(H,18,19)(H,20,21)(H,13,16,17);5*1-2H3;27*1H4. The summed E-state index contributed by atoms with van der Waals surface area (Å²) < 4.78 is 0. The highest BCUT2D eigenvalue weighted by molar-refractivity contribution is 5.98. The second-order valence-corrected chi connectivity index (χ2v) is 4.33. The van der Waals surface area contributed by atoms with E-state index in [1.165, 1.54) is 6.92 Å². The molecule has 10 nitrogen and oxygen atoms in total. The number of carbonyl (C=O) groups excluding carboxylic acids is 3. The molecule has 0 spiro atoms. The molecule has 0 radical (unpaired) electrons. The first-order chi connectivity index (χ1) is 14.6. The summed E-state index contributed by atoms with van der Waals surface area (Å²) in [7, 11) is 0. The number of carboxylic acids is 2. The third-order valence-electron chi connectivity index (χ3n) is 2.29. The highest BCUT2D eigenvalue weighted by Crippen LogP contribution is 1.92. The highest BCUT2D eigenvalue weighted by atomic mass is 16.4. The Kier molecular flexibility index (Phi) is 1570. The second-order valence-electron chi connectivity index (χ2n) is 4.33. The van der Waals surface area contributed by atoms with Gasteiger partial charge in [0.2, 0.25) is 11.8 Å². The Morgan fingerprint density at radius 1 is 0.397 bits per heavy atom. The number of imide groups is 1. The lowest BCUT2D eigenvalue weighted by Gasteiger charge is -2.17. The van der Waals surface area contributed by atoms with Crippen LogP contribution in [0.15, 0.2) is 0 Å². The predicted octanol–water partition coefficient (Wildman–Crippen LogP) is 19.7. The molecule has 0 aromatic carbocycles. The number of aliphatic carboxylic acids is 2. The summed E-state index contributed by atoms with van der Waals surface area (Å²) in [5.74, 6) is -4.72. The number of nitrogens with zero attached hydrogens (tertiary/aromatic N) is 1. The van der Waals surface area contributed by atoms with Crippen LogP contribution in [0.3, 0.4) is 0 Å². The molecule has 0 rings (SSSR count). The van der Waals surface area contributed by atoms with Crippen molar-refractivity contribution in [2.24, 2.45) is 5.73 Å². The van der Waals surface area contributed by atoms with Crippen LogP contribution in [-0.2, 0) is 24.0 Å². The van der Waals surface area contributed by atoms with Gasteiger partial charge in [0.15, 0.2) is 0 Å². The van der Waals surface area contributed by atoms with Crippen molar-refractivity contribution in [3.63, 3.8) is 0 Å². The zero-order chi connectivity index (χ0) is 26.6. The van der Waals surface area contributed by atoms with E-state index in [1.807, 2.05) is 74.6 Å². The van der Waals surface area contributed by atoms with Crippen molar-refractivity contribution < 1.29 is 34.2 Å². The van der Waals surface area contributed by atoms with Crippen LogP contribution in [0.2, 0.25) is 0 Å². The zero-order valence-corrected chi connectivity index (χ0v) is 21.4. The number of hydrogen-bond donors (Lipinski definition) is 4. The Morgan fingerprint density at radius 2 is 0.569 bits per heavy atom. The number of nitrogens with one attached hydrogen (secondary N) is 1. The van der Waals surface area contributed by atoms with Gasteiger partial charge in [0.05, 0.1) is 25.7 Å². The normalized spacial score (nSPS) is 4.78. The van der Waals surface area contributed by atoms with Crippen molar-refractivity contribution in [3.8, 4) is 0 Å². The van der Waals surface area contributed by atoms with Gasteiger partial charge in [-0.05, 0) is 6.92 Å². The predicted molar refractivity (Wildman–Crippen MR) is 307 cm³/mol. The maximum atomic E-state index is 11.5. The fraction of sp³-hybridized carbons (Fsp3) is 0.896. The van der Waals surface area contributed by atoms with Crippen molar-refractivity contribution in [1.82, 2.24) is 10.2 Å². The first-order valence-corrected chi connectivity index (χ1v) is 10.9. The molecule has 10 heteroatoms. The molecule has 0 aliphatic rings. The van der Waals surface area contributed by atoms with Gasteiger partial charge in [0.25, 0.3) is 0 Å². The Bertz CT molecular complexity index is 451. The summed E-state index contributed by atoms with van der Waals surface area (Å²) in [6.45, 7) is 19.3. The quantitative estimate of drug-likeness (QED) is 0.176. The number of ketones is 1. The van der Waals surface area contributed by atoms with Crippen LogP contribution in [0.4, 0.5) is 0 Å². The SMILES string of the molecule is C.C.C.C.C.C.C.C.C.C.C.C.C.C.C.C.C.C.C.C.C.C.C.C.C.C.C.CC.CC.CC.CC.CC.CC(=O)C(N)CC(=O)NC(=O)CN(CC(=O)O)CC(=O)O. The molecule has 2 amide bonds. The first-order valence-electron chi connectivity index (χ1n) is 10.9. The maximum absolute atomic E-state index is 11.5. The lowest BCUT2D eigenvalue weighted by Crippen LogP contribution is -2.45. The van der Waals surface area contributed by atoms with Crippen molar-refractivity contribution in [3.05, 3.63) is 0 Å². The summed E-state index contributed by atoms with van der Waals surface area (Å²) in [5, 5.41) is 19.1. The minimum atomic E-state index is -1.31. The van der Waals surface area contributed by atoms with Crippen LogP contribution in [0.5, 0.6) is 0 Å². The van der Waals surface area contributed by atoms with Gasteiger partial charge in [-0.2, -0.15) is 0 Å². The smallest absolute Gasteiger partial charge is 0.317 e. The molecular formula is C48H155N3O7. The molecule has 1 atom stereocenters. The van der Waals surface area contributed by atoms with Crippen molar-refractivity contribution in [2.75, 3.05) is 19.6 Å². The van der Waals surface area contributed by atoms with E-state index in [-0.39, 0.29) is 207 Å². The zero-order valence-electron chi connectivity index (χ0n) is 21.4.